The maximum atomic E-state index is 5.44. The zero-order valence-corrected chi connectivity index (χ0v) is 11.9. The van der Waals surface area contributed by atoms with Gasteiger partial charge in [0, 0.05) is 28.8 Å². The first-order valence-corrected chi connectivity index (χ1v) is 7.52. The van der Waals surface area contributed by atoms with Gasteiger partial charge in [-0.3, -0.25) is 0 Å². The van der Waals surface area contributed by atoms with E-state index in [0.29, 0.717) is 12.0 Å². The Morgan fingerprint density at radius 2 is 2.15 bits per heavy atom. The van der Waals surface area contributed by atoms with Crippen LogP contribution in [0.1, 0.15) is 12.8 Å². The second-order valence-corrected chi connectivity index (χ2v) is 6.17. The summed E-state index contributed by atoms with van der Waals surface area (Å²) < 4.78 is 0. The maximum absolute atomic E-state index is 5.44. The quantitative estimate of drug-likeness (QED) is 0.584. The van der Waals surface area contributed by atoms with Crippen LogP contribution in [0, 0.1) is 11.8 Å². The number of anilines is 1. The van der Waals surface area contributed by atoms with E-state index >= 15 is 0 Å². The van der Waals surface area contributed by atoms with Crippen molar-refractivity contribution in [2.45, 2.75) is 18.9 Å². The van der Waals surface area contributed by atoms with Crippen molar-refractivity contribution in [3.63, 3.8) is 0 Å². The van der Waals surface area contributed by atoms with Gasteiger partial charge in [0.05, 0.1) is 0 Å². The van der Waals surface area contributed by atoms with Crippen molar-refractivity contribution in [1.29, 1.82) is 0 Å². The Morgan fingerprint density at radius 1 is 1.20 bits per heavy atom. The van der Waals surface area contributed by atoms with Crippen LogP contribution in [-0.4, -0.2) is 16.1 Å². The van der Waals surface area contributed by atoms with E-state index in [9.17, 15) is 0 Å². The van der Waals surface area contributed by atoms with Gasteiger partial charge in [-0.2, -0.15) is 0 Å². The molecule has 1 fully saturated rings. The number of thiocarbonyl (C=S) groups is 1. The SMILES string of the molecule is S=C(Nc1ccc2[nH]ccc2c1)N[C@H]1C[C@@H]2C=C[C@H]1C2. The molecule has 1 aromatic carbocycles. The number of nitrogens with one attached hydrogen (secondary N) is 3. The van der Waals surface area contributed by atoms with E-state index in [1.807, 2.05) is 12.3 Å². The molecule has 2 aliphatic rings. The lowest BCUT2D eigenvalue weighted by atomic mass is 10.0. The Bertz CT molecular complexity index is 688. The number of H-pyrrole nitrogens is 1. The fourth-order valence-corrected chi connectivity index (χ4v) is 3.68. The number of rotatable bonds is 2. The molecule has 3 nitrogen and oxygen atoms in total. The zero-order valence-electron chi connectivity index (χ0n) is 11.1. The zero-order chi connectivity index (χ0) is 13.5. The molecule has 0 saturated heterocycles. The van der Waals surface area contributed by atoms with Gasteiger partial charge in [0.1, 0.15) is 0 Å². The summed E-state index contributed by atoms with van der Waals surface area (Å²) in [6, 6.07) is 8.80. The van der Waals surface area contributed by atoms with E-state index < -0.39 is 0 Å². The van der Waals surface area contributed by atoms with Gasteiger partial charge in [-0.1, -0.05) is 12.2 Å². The van der Waals surface area contributed by atoms with Crippen molar-refractivity contribution in [2.75, 3.05) is 5.32 Å². The number of fused-ring (bicyclic) bond motifs is 3. The topological polar surface area (TPSA) is 39.9 Å². The summed E-state index contributed by atoms with van der Waals surface area (Å²) in [7, 11) is 0. The highest BCUT2D eigenvalue weighted by atomic mass is 32.1. The summed E-state index contributed by atoms with van der Waals surface area (Å²) in [4.78, 5) is 3.19. The summed E-state index contributed by atoms with van der Waals surface area (Å²) >= 11 is 5.44. The van der Waals surface area contributed by atoms with Crippen LogP contribution in [0.4, 0.5) is 5.69 Å². The van der Waals surface area contributed by atoms with Crippen LogP contribution >= 0.6 is 12.2 Å². The van der Waals surface area contributed by atoms with Crippen LogP contribution in [-0.2, 0) is 0 Å². The molecule has 2 aromatic rings. The lowest BCUT2D eigenvalue weighted by molar-refractivity contribution is 0.526. The molecule has 0 spiro atoms. The van der Waals surface area contributed by atoms with Gasteiger partial charge in [-0.25, -0.2) is 0 Å². The fourth-order valence-electron chi connectivity index (χ4n) is 3.41. The van der Waals surface area contributed by atoms with E-state index in [-0.39, 0.29) is 0 Å². The number of allylic oxidation sites excluding steroid dienone is 1. The van der Waals surface area contributed by atoms with Gasteiger partial charge >= 0.3 is 0 Å². The largest absolute Gasteiger partial charge is 0.361 e. The molecule has 2 bridgehead atoms. The predicted molar refractivity (Wildman–Crippen MR) is 86.8 cm³/mol. The predicted octanol–water partition coefficient (Wildman–Crippen LogP) is 3.42. The van der Waals surface area contributed by atoms with E-state index in [4.69, 9.17) is 12.2 Å². The molecule has 4 heteroatoms. The molecular formula is C16H17N3S. The normalized spacial score (nSPS) is 27.1. The smallest absolute Gasteiger partial charge is 0.171 e. The van der Waals surface area contributed by atoms with Crippen molar-refractivity contribution >= 4 is 33.9 Å². The molecule has 4 rings (SSSR count). The first-order chi connectivity index (χ1) is 9.78. The fraction of sp³-hybridized carbons (Fsp3) is 0.312. The van der Waals surface area contributed by atoms with Crippen LogP contribution < -0.4 is 10.6 Å². The summed E-state index contributed by atoms with van der Waals surface area (Å²) in [5.74, 6) is 1.42. The molecule has 0 radical (unpaired) electrons. The molecule has 1 heterocycles. The molecule has 1 saturated carbocycles. The molecule has 0 unspecified atom stereocenters. The van der Waals surface area contributed by atoms with Gasteiger partial charge in [-0.05, 0) is 61.2 Å². The molecular weight excluding hydrogens is 266 g/mol. The minimum atomic E-state index is 0.501. The van der Waals surface area contributed by atoms with Gasteiger partial charge in [-0.15, -0.1) is 0 Å². The summed E-state index contributed by atoms with van der Waals surface area (Å²) in [6.07, 6.45) is 9.13. The third-order valence-corrected chi connectivity index (χ3v) is 4.63. The van der Waals surface area contributed by atoms with Crippen LogP contribution in [0.2, 0.25) is 0 Å². The molecule has 3 N–H and O–H groups in total. The van der Waals surface area contributed by atoms with Gasteiger partial charge < -0.3 is 15.6 Å². The summed E-state index contributed by atoms with van der Waals surface area (Å²) in [5.41, 5.74) is 2.18. The number of aromatic amines is 1. The van der Waals surface area contributed by atoms with Crippen molar-refractivity contribution in [3.05, 3.63) is 42.6 Å². The van der Waals surface area contributed by atoms with E-state index in [1.165, 1.54) is 18.2 Å². The monoisotopic (exact) mass is 283 g/mol. The molecule has 20 heavy (non-hydrogen) atoms. The van der Waals surface area contributed by atoms with Gasteiger partial charge in [0.25, 0.3) is 0 Å². The maximum Gasteiger partial charge on any atom is 0.171 e. The highest BCUT2D eigenvalue weighted by molar-refractivity contribution is 7.80. The van der Waals surface area contributed by atoms with Crippen LogP contribution in [0.3, 0.4) is 0 Å². The summed E-state index contributed by atoms with van der Waals surface area (Å²) in [5, 5.41) is 8.68. The van der Waals surface area contributed by atoms with Crippen molar-refractivity contribution in [3.8, 4) is 0 Å². The average molecular weight is 283 g/mol. The Morgan fingerprint density at radius 3 is 2.95 bits per heavy atom. The summed E-state index contributed by atoms with van der Waals surface area (Å²) in [6.45, 7) is 0. The standard InChI is InChI=1S/C16H17N3S/c20-16(19-15-8-10-1-2-11(15)7-10)18-13-3-4-14-12(9-13)5-6-17-14/h1-6,9-11,15,17H,7-8H2,(H2,18,19,20)/t10-,11+,15+/m1/s1. The second-order valence-electron chi connectivity index (χ2n) is 5.76. The number of hydrogen-bond donors (Lipinski definition) is 3. The van der Waals surface area contributed by atoms with E-state index in [1.54, 1.807) is 0 Å². The highest BCUT2D eigenvalue weighted by Crippen LogP contribution is 2.38. The number of hydrogen-bond acceptors (Lipinski definition) is 1. The van der Waals surface area contributed by atoms with Gasteiger partial charge in [0.2, 0.25) is 0 Å². The average Bonchev–Trinajstić information content (AvgIpc) is 3.13. The number of aromatic nitrogens is 1. The molecule has 0 aliphatic heterocycles. The van der Waals surface area contributed by atoms with Crippen LogP contribution in [0.25, 0.3) is 10.9 Å². The van der Waals surface area contributed by atoms with Crippen LogP contribution in [0.5, 0.6) is 0 Å². The van der Waals surface area contributed by atoms with E-state index in [2.05, 4.69) is 46.0 Å². The molecule has 2 aliphatic carbocycles. The minimum absolute atomic E-state index is 0.501. The first kappa shape index (κ1) is 12.0. The lowest BCUT2D eigenvalue weighted by Crippen LogP contribution is -2.40. The second kappa shape index (κ2) is 4.63. The van der Waals surface area contributed by atoms with Crippen molar-refractivity contribution < 1.29 is 0 Å². The first-order valence-electron chi connectivity index (χ1n) is 7.11. The van der Waals surface area contributed by atoms with Crippen LogP contribution in [0.15, 0.2) is 42.6 Å². The van der Waals surface area contributed by atoms with E-state index in [0.717, 1.165) is 22.2 Å². The Labute approximate surface area is 123 Å². The van der Waals surface area contributed by atoms with Crippen molar-refractivity contribution in [1.82, 2.24) is 10.3 Å². The number of benzene rings is 1. The molecule has 102 valence electrons. The highest BCUT2D eigenvalue weighted by Gasteiger charge is 2.35. The van der Waals surface area contributed by atoms with Gasteiger partial charge in [0.15, 0.2) is 5.11 Å². The molecule has 1 aromatic heterocycles. The third-order valence-electron chi connectivity index (χ3n) is 4.41. The van der Waals surface area contributed by atoms with Crippen molar-refractivity contribution in [2.24, 2.45) is 11.8 Å². The molecule has 3 atom stereocenters. The molecule has 0 amide bonds. The third kappa shape index (κ3) is 2.10. The minimum Gasteiger partial charge on any atom is -0.361 e. The Balaban J connectivity index is 1.43. The Kier molecular flexibility index (Phi) is 2.77. The Hall–Kier alpha value is -1.81. The lowest BCUT2D eigenvalue weighted by Gasteiger charge is -2.22.